The van der Waals surface area contributed by atoms with Crippen LogP contribution in [-0.2, 0) is 11.2 Å². The van der Waals surface area contributed by atoms with Gasteiger partial charge in [0.1, 0.15) is 0 Å². The second kappa shape index (κ2) is 6.92. The summed E-state index contributed by atoms with van der Waals surface area (Å²) in [7, 11) is 1.70. The van der Waals surface area contributed by atoms with E-state index in [9.17, 15) is 4.79 Å². The highest BCUT2D eigenvalue weighted by Gasteiger charge is 2.27. The molecule has 2 atom stereocenters. The fourth-order valence-corrected chi connectivity index (χ4v) is 4.22. The summed E-state index contributed by atoms with van der Waals surface area (Å²) in [5.41, 5.74) is 1.30. The van der Waals surface area contributed by atoms with Gasteiger partial charge in [-0.25, -0.2) is 0 Å². The van der Waals surface area contributed by atoms with Crippen molar-refractivity contribution < 1.29 is 4.79 Å². The van der Waals surface area contributed by atoms with Gasteiger partial charge in [0.25, 0.3) is 0 Å². The third-order valence-electron chi connectivity index (χ3n) is 3.76. The summed E-state index contributed by atoms with van der Waals surface area (Å²) >= 11 is 7.81. The third-order valence-corrected chi connectivity index (χ3v) is 5.10. The van der Waals surface area contributed by atoms with Gasteiger partial charge in [0, 0.05) is 18.0 Å². The zero-order valence-electron chi connectivity index (χ0n) is 12.3. The maximum absolute atomic E-state index is 12.0. The predicted octanol–water partition coefficient (Wildman–Crippen LogP) is 3.53. The Morgan fingerprint density at radius 2 is 2.30 bits per heavy atom. The molecule has 0 aliphatic heterocycles. The number of halogens is 1. The normalized spacial score (nSPS) is 19.8. The van der Waals surface area contributed by atoms with Gasteiger partial charge >= 0.3 is 0 Å². The molecule has 1 aliphatic carbocycles. The first kappa shape index (κ1) is 15.8. The van der Waals surface area contributed by atoms with Gasteiger partial charge in [-0.3, -0.25) is 10.1 Å². The molecule has 1 heterocycles. The van der Waals surface area contributed by atoms with Gasteiger partial charge in [-0.1, -0.05) is 25.4 Å². The number of aryl methyl sites for hydroxylation is 1. The van der Waals surface area contributed by atoms with E-state index in [4.69, 9.17) is 11.6 Å². The molecular formula is C15H23ClN2OS. The lowest BCUT2D eigenvalue weighted by Crippen LogP contribution is -2.45. The van der Waals surface area contributed by atoms with E-state index in [2.05, 4.69) is 30.5 Å². The molecule has 0 saturated carbocycles. The fraction of sp³-hybridized carbons (Fsp3) is 0.667. The average Bonchev–Trinajstić information content (AvgIpc) is 2.78. The van der Waals surface area contributed by atoms with Crippen LogP contribution in [0.5, 0.6) is 0 Å². The Morgan fingerprint density at radius 1 is 1.55 bits per heavy atom. The molecule has 112 valence electrons. The van der Waals surface area contributed by atoms with Crippen molar-refractivity contribution in [1.29, 1.82) is 0 Å². The number of carbonyl (C=O) groups is 1. The van der Waals surface area contributed by atoms with Crippen LogP contribution in [0.4, 0.5) is 0 Å². The van der Waals surface area contributed by atoms with Crippen molar-refractivity contribution in [3.63, 3.8) is 0 Å². The summed E-state index contributed by atoms with van der Waals surface area (Å²) in [6, 6.07) is 2.19. The number of hydrogen-bond acceptors (Lipinski definition) is 3. The molecule has 2 unspecified atom stereocenters. The molecule has 3 nitrogen and oxygen atoms in total. The van der Waals surface area contributed by atoms with Gasteiger partial charge < -0.3 is 5.32 Å². The first-order chi connectivity index (χ1) is 9.51. The number of carbonyl (C=O) groups excluding carboxylic acids is 1. The van der Waals surface area contributed by atoms with Gasteiger partial charge in [0.2, 0.25) is 5.91 Å². The van der Waals surface area contributed by atoms with E-state index in [0.717, 1.165) is 30.0 Å². The van der Waals surface area contributed by atoms with Crippen molar-refractivity contribution in [2.75, 3.05) is 7.05 Å². The van der Waals surface area contributed by atoms with Crippen LogP contribution >= 0.6 is 22.9 Å². The lowest BCUT2D eigenvalue weighted by molar-refractivity contribution is -0.123. The Labute approximate surface area is 130 Å². The molecule has 0 saturated heterocycles. The van der Waals surface area contributed by atoms with Crippen LogP contribution in [0, 0.1) is 5.92 Å². The Morgan fingerprint density at radius 3 is 2.95 bits per heavy atom. The van der Waals surface area contributed by atoms with E-state index in [1.807, 2.05) is 0 Å². The largest absolute Gasteiger partial charge is 0.358 e. The lowest BCUT2D eigenvalue weighted by Gasteiger charge is -2.29. The number of likely N-dealkylation sites (N-methyl/N-ethyl adjacent to an activating group) is 1. The van der Waals surface area contributed by atoms with Gasteiger partial charge in [-0.15, -0.1) is 11.3 Å². The van der Waals surface area contributed by atoms with Crippen molar-refractivity contribution >= 4 is 28.8 Å². The van der Waals surface area contributed by atoms with Crippen molar-refractivity contribution in [3.8, 4) is 0 Å². The van der Waals surface area contributed by atoms with E-state index < -0.39 is 0 Å². The topological polar surface area (TPSA) is 41.1 Å². The predicted molar refractivity (Wildman–Crippen MR) is 85.5 cm³/mol. The maximum Gasteiger partial charge on any atom is 0.236 e. The molecule has 2 N–H and O–H groups in total. The van der Waals surface area contributed by atoms with Gasteiger partial charge in [-0.05, 0) is 43.2 Å². The summed E-state index contributed by atoms with van der Waals surface area (Å²) in [6.07, 6.45) is 4.19. The van der Waals surface area contributed by atoms with Crippen molar-refractivity contribution in [1.82, 2.24) is 10.6 Å². The van der Waals surface area contributed by atoms with Crippen LogP contribution in [0.15, 0.2) is 6.07 Å². The lowest BCUT2D eigenvalue weighted by atomic mass is 9.92. The van der Waals surface area contributed by atoms with Crippen molar-refractivity contribution in [3.05, 3.63) is 20.8 Å². The second-order valence-electron chi connectivity index (χ2n) is 5.84. The van der Waals surface area contributed by atoms with Crippen LogP contribution in [0.3, 0.4) is 0 Å². The number of thiophene rings is 1. The zero-order valence-corrected chi connectivity index (χ0v) is 13.9. The second-order valence-corrected chi connectivity index (χ2v) is 7.60. The molecule has 0 spiro atoms. The molecule has 1 aromatic rings. The molecule has 1 aliphatic rings. The maximum atomic E-state index is 12.0. The molecule has 20 heavy (non-hydrogen) atoms. The molecule has 5 heteroatoms. The van der Waals surface area contributed by atoms with E-state index in [-0.39, 0.29) is 18.0 Å². The van der Waals surface area contributed by atoms with E-state index in [0.29, 0.717) is 5.92 Å². The van der Waals surface area contributed by atoms with Crippen molar-refractivity contribution in [2.24, 2.45) is 5.92 Å². The number of nitrogens with one attached hydrogen (secondary N) is 2. The average molecular weight is 315 g/mol. The molecule has 0 radical (unpaired) electrons. The minimum absolute atomic E-state index is 0.0761. The SMILES string of the molecule is CNC(=O)C(CC(C)C)NC1CCCc2sc(Cl)cc21. The van der Waals surface area contributed by atoms with Gasteiger partial charge in [0.15, 0.2) is 0 Å². The van der Waals surface area contributed by atoms with Crippen LogP contribution in [0.25, 0.3) is 0 Å². The third kappa shape index (κ3) is 3.74. The van der Waals surface area contributed by atoms with Gasteiger partial charge in [-0.2, -0.15) is 0 Å². The molecule has 1 aromatic heterocycles. The van der Waals surface area contributed by atoms with E-state index in [1.54, 1.807) is 18.4 Å². The number of hydrogen-bond donors (Lipinski definition) is 2. The quantitative estimate of drug-likeness (QED) is 0.873. The highest BCUT2D eigenvalue weighted by atomic mass is 35.5. The molecule has 0 bridgehead atoms. The molecule has 1 amide bonds. The molecular weight excluding hydrogens is 292 g/mol. The van der Waals surface area contributed by atoms with Crippen LogP contribution < -0.4 is 10.6 Å². The van der Waals surface area contributed by atoms with Crippen LogP contribution in [-0.4, -0.2) is 19.0 Å². The summed E-state index contributed by atoms with van der Waals surface area (Å²) in [4.78, 5) is 13.4. The Hall–Kier alpha value is -0.580. The minimum Gasteiger partial charge on any atom is -0.358 e. The summed E-state index contributed by atoms with van der Waals surface area (Å²) < 4.78 is 0.851. The van der Waals surface area contributed by atoms with Crippen LogP contribution in [0.2, 0.25) is 4.34 Å². The zero-order chi connectivity index (χ0) is 14.7. The van der Waals surface area contributed by atoms with E-state index in [1.165, 1.54) is 10.4 Å². The van der Waals surface area contributed by atoms with Crippen molar-refractivity contribution in [2.45, 2.75) is 51.6 Å². The number of fused-ring (bicyclic) bond motifs is 1. The first-order valence-electron chi connectivity index (χ1n) is 7.27. The summed E-state index contributed by atoms with van der Waals surface area (Å²) in [6.45, 7) is 4.29. The highest BCUT2D eigenvalue weighted by molar-refractivity contribution is 7.16. The smallest absolute Gasteiger partial charge is 0.236 e. The Bertz CT molecular complexity index is 472. The summed E-state index contributed by atoms with van der Waals surface area (Å²) in [5.74, 6) is 0.561. The standard InChI is InChI=1S/C15H23ClN2OS/c1-9(2)7-12(15(19)17-3)18-11-5-4-6-13-10(11)8-14(16)20-13/h8-9,11-12,18H,4-7H2,1-3H3,(H,17,19). The fourth-order valence-electron chi connectivity index (χ4n) is 2.83. The van der Waals surface area contributed by atoms with Gasteiger partial charge in [0.05, 0.1) is 10.4 Å². The number of amides is 1. The minimum atomic E-state index is -0.130. The molecule has 0 aromatic carbocycles. The monoisotopic (exact) mass is 314 g/mol. The molecule has 2 rings (SSSR count). The Balaban J connectivity index is 2.12. The van der Waals surface area contributed by atoms with E-state index >= 15 is 0 Å². The van der Waals surface area contributed by atoms with Crippen LogP contribution in [0.1, 0.15) is 49.6 Å². The summed E-state index contributed by atoms with van der Waals surface area (Å²) in [5, 5.41) is 6.31. The number of rotatable bonds is 5. The first-order valence-corrected chi connectivity index (χ1v) is 8.46. The highest BCUT2D eigenvalue weighted by Crippen LogP contribution is 2.38. The molecule has 0 fully saturated rings. The Kier molecular flexibility index (Phi) is 5.47.